The third-order valence-electron chi connectivity index (χ3n) is 4.79. The fourth-order valence-electron chi connectivity index (χ4n) is 3.82. The highest BCUT2D eigenvalue weighted by Gasteiger charge is 2.62. The van der Waals surface area contributed by atoms with Crippen molar-refractivity contribution in [3.8, 4) is 0 Å². The van der Waals surface area contributed by atoms with Crippen LogP contribution in [0.5, 0.6) is 0 Å². The van der Waals surface area contributed by atoms with Gasteiger partial charge in [0.1, 0.15) is 11.6 Å². The summed E-state index contributed by atoms with van der Waals surface area (Å²) in [4.78, 5) is 3.18. The normalized spacial score (nSPS) is 24.9. The van der Waals surface area contributed by atoms with E-state index >= 15 is 0 Å². The van der Waals surface area contributed by atoms with E-state index < -0.39 is 11.6 Å². The first-order valence-corrected chi connectivity index (χ1v) is 7.53. The highest BCUT2D eigenvalue weighted by Crippen LogP contribution is 2.66. The highest BCUT2D eigenvalue weighted by atomic mass is 32.1. The van der Waals surface area contributed by atoms with Crippen LogP contribution in [0.4, 0.5) is 8.78 Å². The second-order valence-electron chi connectivity index (χ2n) is 6.29. The smallest absolute Gasteiger partial charge is 0.177 e. The Morgan fingerprint density at radius 1 is 1.41 bits per heavy atom. The van der Waals surface area contributed by atoms with Crippen molar-refractivity contribution in [2.75, 3.05) is 0 Å². The maximum Gasteiger partial charge on any atom is 0.177 e. The zero-order valence-corrected chi connectivity index (χ0v) is 12.6. The van der Waals surface area contributed by atoms with Gasteiger partial charge in [0.2, 0.25) is 0 Å². The lowest BCUT2D eigenvalue weighted by Gasteiger charge is -2.13. The summed E-state index contributed by atoms with van der Waals surface area (Å²) in [6.07, 6.45) is 1.42. The van der Waals surface area contributed by atoms with Crippen molar-refractivity contribution in [1.82, 2.24) is 9.55 Å². The molecule has 0 saturated heterocycles. The zero-order chi connectivity index (χ0) is 15.6. The van der Waals surface area contributed by atoms with E-state index in [4.69, 9.17) is 18.0 Å². The molecule has 2 atom stereocenters. The number of rotatable bonds is 3. The van der Waals surface area contributed by atoms with E-state index in [1.807, 2.05) is 4.57 Å². The van der Waals surface area contributed by atoms with Crippen LogP contribution < -0.4 is 5.73 Å². The van der Waals surface area contributed by atoms with E-state index in [0.717, 1.165) is 23.9 Å². The molecular weight excluding hydrogens is 304 g/mol. The van der Waals surface area contributed by atoms with Gasteiger partial charge in [-0.25, -0.2) is 8.78 Å². The van der Waals surface area contributed by atoms with Gasteiger partial charge in [-0.15, -0.1) is 0 Å². The number of H-pyrrole nitrogens is 1. The molecule has 1 saturated carbocycles. The van der Waals surface area contributed by atoms with E-state index in [-0.39, 0.29) is 11.3 Å². The first kappa shape index (κ1) is 13.7. The van der Waals surface area contributed by atoms with Crippen molar-refractivity contribution in [3.63, 3.8) is 0 Å². The molecule has 1 fully saturated rings. The SMILES string of the molecule is C=C(N)Cc1[nH]c(=S)n2c1[C@@H]1C[C@]1(c1cc(F)cc(F)c1)C2. The lowest BCUT2D eigenvalue weighted by atomic mass is 9.93. The van der Waals surface area contributed by atoms with Crippen molar-refractivity contribution in [2.45, 2.75) is 30.7 Å². The second-order valence-corrected chi connectivity index (χ2v) is 6.67. The van der Waals surface area contributed by atoms with Gasteiger partial charge in [0.05, 0.1) is 0 Å². The third kappa shape index (κ3) is 1.80. The Morgan fingerprint density at radius 3 is 2.73 bits per heavy atom. The summed E-state index contributed by atoms with van der Waals surface area (Å²) in [5.74, 6) is -0.837. The van der Waals surface area contributed by atoms with Gasteiger partial charge in [0.15, 0.2) is 4.77 Å². The van der Waals surface area contributed by atoms with Crippen molar-refractivity contribution < 1.29 is 8.78 Å². The molecule has 0 amide bonds. The number of aromatic amines is 1. The predicted molar refractivity (Wildman–Crippen MR) is 82.0 cm³/mol. The Kier molecular flexibility index (Phi) is 2.67. The Morgan fingerprint density at radius 2 is 2.09 bits per heavy atom. The molecule has 6 heteroatoms. The number of allylic oxidation sites excluding steroid dienone is 1. The summed E-state index contributed by atoms with van der Waals surface area (Å²) < 4.78 is 29.8. The van der Waals surface area contributed by atoms with Gasteiger partial charge in [-0.3, -0.25) is 0 Å². The standard InChI is InChI=1S/C16H15F2N3S/c1-8(19)2-13-14-12-6-16(12,7-21(14)15(22)20-13)9-3-10(17)5-11(18)4-9/h3-5,12H,1-2,6-7,19H2,(H,20,22)/t12-,16+/m0/s1. The van der Waals surface area contributed by atoms with E-state index in [2.05, 4.69) is 11.6 Å². The zero-order valence-electron chi connectivity index (χ0n) is 11.8. The first-order chi connectivity index (χ1) is 10.4. The van der Waals surface area contributed by atoms with Crippen molar-refractivity contribution in [1.29, 1.82) is 0 Å². The number of imidazole rings is 1. The molecule has 1 aliphatic heterocycles. The number of nitrogens with two attached hydrogens (primary N) is 1. The molecule has 3 nitrogen and oxygen atoms in total. The topological polar surface area (TPSA) is 46.7 Å². The molecule has 2 aromatic rings. The molecule has 2 heterocycles. The summed E-state index contributed by atoms with van der Waals surface area (Å²) >= 11 is 5.37. The van der Waals surface area contributed by atoms with Gasteiger partial charge >= 0.3 is 0 Å². The molecule has 114 valence electrons. The van der Waals surface area contributed by atoms with Gasteiger partial charge in [-0.2, -0.15) is 0 Å². The van der Waals surface area contributed by atoms with Crippen LogP contribution in [0.25, 0.3) is 0 Å². The van der Waals surface area contributed by atoms with Gasteiger partial charge < -0.3 is 15.3 Å². The summed E-state index contributed by atoms with van der Waals surface area (Å²) in [6.45, 7) is 4.39. The molecule has 0 unspecified atom stereocenters. The number of aromatic nitrogens is 2. The predicted octanol–water partition coefficient (Wildman–Crippen LogP) is 3.28. The Hall–Kier alpha value is -1.95. The van der Waals surface area contributed by atoms with Crippen LogP contribution in [0.3, 0.4) is 0 Å². The van der Waals surface area contributed by atoms with Crippen LogP contribution in [-0.4, -0.2) is 9.55 Å². The van der Waals surface area contributed by atoms with Crippen molar-refractivity contribution in [3.05, 3.63) is 63.8 Å². The fraction of sp³-hybridized carbons (Fsp3) is 0.312. The van der Waals surface area contributed by atoms with Gasteiger partial charge in [0, 0.05) is 47.4 Å². The molecule has 1 aromatic carbocycles. The van der Waals surface area contributed by atoms with Crippen molar-refractivity contribution >= 4 is 12.2 Å². The molecule has 22 heavy (non-hydrogen) atoms. The van der Waals surface area contributed by atoms with Crippen LogP contribution in [0.15, 0.2) is 30.5 Å². The quantitative estimate of drug-likeness (QED) is 0.853. The summed E-state index contributed by atoms with van der Waals surface area (Å²) in [5, 5.41) is 0. The van der Waals surface area contributed by atoms with Gasteiger partial charge in [-0.1, -0.05) is 6.58 Å². The molecule has 1 aliphatic carbocycles. The van der Waals surface area contributed by atoms with E-state index in [0.29, 0.717) is 29.0 Å². The third-order valence-corrected chi connectivity index (χ3v) is 5.11. The number of nitrogens with one attached hydrogen (secondary N) is 1. The monoisotopic (exact) mass is 319 g/mol. The molecule has 2 aliphatic rings. The van der Waals surface area contributed by atoms with Crippen LogP contribution in [0.2, 0.25) is 0 Å². The molecule has 4 rings (SSSR count). The Balaban J connectivity index is 1.78. The maximum absolute atomic E-state index is 13.6. The van der Waals surface area contributed by atoms with E-state index in [1.54, 1.807) is 0 Å². The molecule has 1 aromatic heterocycles. The van der Waals surface area contributed by atoms with Crippen molar-refractivity contribution in [2.24, 2.45) is 5.73 Å². The number of nitrogens with zero attached hydrogens (tertiary/aromatic N) is 1. The van der Waals surface area contributed by atoms with Crippen LogP contribution in [-0.2, 0) is 18.4 Å². The number of halogens is 2. The Bertz CT molecular complexity index is 847. The Labute approximate surface area is 131 Å². The average Bonchev–Trinajstić information content (AvgIpc) is 2.91. The minimum Gasteiger partial charge on any atom is -0.402 e. The molecule has 3 N–H and O–H groups in total. The summed E-state index contributed by atoms with van der Waals surface area (Å²) in [6, 6.07) is 3.77. The number of hydrogen-bond donors (Lipinski definition) is 2. The van der Waals surface area contributed by atoms with E-state index in [1.165, 1.54) is 12.1 Å². The van der Waals surface area contributed by atoms with Crippen LogP contribution in [0, 0.1) is 16.4 Å². The van der Waals surface area contributed by atoms with Crippen LogP contribution >= 0.6 is 12.2 Å². The maximum atomic E-state index is 13.6. The average molecular weight is 319 g/mol. The highest BCUT2D eigenvalue weighted by molar-refractivity contribution is 7.71. The number of benzene rings is 1. The molecule has 0 spiro atoms. The van der Waals surface area contributed by atoms with Gasteiger partial charge in [-0.05, 0) is 36.3 Å². The second kappa shape index (κ2) is 4.29. The molecule has 0 bridgehead atoms. The number of fused-ring (bicyclic) bond motifs is 3. The first-order valence-electron chi connectivity index (χ1n) is 7.12. The largest absolute Gasteiger partial charge is 0.402 e. The van der Waals surface area contributed by atoms with Gasteiger partial charge in [0.25, 0.3) is 0 Å². The van der Waals surface area contributed by atoms with Crippen LogP contribution in [0.1, 0.15) is 29.3 Å². The fourth-order valence-corrected chi connectivity index (χ4v) is 4.11. The lowest BCUT2D eigenvalue weighted by Crippen LogP contribution is -2.13. The number of hydrogen-bond acceptors (Lipinski definition) is 2. The summed E-state index contributed by atoms with van der Waals surface area (Å²) in [7, 11) is 0. The minimum absolute atomic E-state index is 0.231. The molecular formula is C16H15F2N3S. The lowest BCUT2D eigenvalue weighted by molar-refractivity contribution is 0.548. The van der Waals surface area contributed by atoms with E-state index in [9.17, 15) is 8.78 Å². The minimum atomic E-state index is -0.535. The molecule has 0 radical (unpaired) electrons. The summed E-state index contributed by atoms with van der Waals surface area (Å²) in [5.41, 5.74) is 8.84.